The number of hydrogen-bond acceptors (Lipinski definition) is 7. The van der Waals surface area contributed by atoms with Crippen molar-refractivity contribution in [2.45, 2.75) is 13.8 Å². The zero-order valence-electron chi connectivity index (χ0n) is 12.7. The lowest BCUT2D eigenvalue weighted by molar-refractivity contribution is -0.386. The topological polar surface area (TPSA) is 122 Å². The summed E-state index contributed by atoms with van der Waals surface area (Å²) >= 11 is 0. The summed E-state index contributed by atoms with van der Waals surface area (Å²) in [6, 6.07) is 4.54. The average Bonchev–Trinajstić information content (AvgIpc) is 2.80. The highest BCUT2D eigenvalue weighted by Crippen LogP contribution is 2.36. The number of nitriles is 1. The maximum absolute atomic E-state index is 10.9. The van der Waals surface area contributed by atoms with Gasteiger partial charge in [0, 0.05) is 23.4 Å². The molecule has 1 N–H and O–H groups in total. The molecule has 0 unspecified atom stereocenters. The highest BCUT2D eigenvalue weighted by atomic mass is 16.6. The number of aliphatic imine (C=N–C) groups is 1. The number of benzene rings is 1. The van der Waals surface area contributed by atoms with Gasteiger partial charge in [-0.2, -0.15) is 5.26 Å². The summed E-state index contributed by atoms with van der Waals surface area (Å²) in [5.74, 6) is 0.0881. The van der Waals surface area contributed by atoms with Gasteiger partial charge < -0.3 is 14.3 Å². The number of furan rings is 1. The first-order valence-electron chi connectivity index (χ1n) is 6.48. The number of methoxy groups -OCH3 is 1. The zero-order chi connectivity index (χ0) is 17.1. The van der Waals surface area contributed by atoms with Crippen LogP contribution in [0, 0.1) is 35.3 Å². The van der Waals surface area contributed by atoms with E-state index in [9.17, 15) is 15.2 Å². The van der Waals surface area contributed by atoms with Gasteiger partial charge in [0.2, 0.25) is 11.6 Å². The minimum absolute atomic E-state index is 0.0482. The molecule has 118 valence electrons. The van der Waals surface area contributed by atoms with Crippen molar-refractivity contribution in [1.82, 2.24) is 0 Å². The van der Waals surface area contributed by atoms with Crippen LogP contribution in [-0.2, 0) is 0 Å². The second-order valence-corrected chi connectivity index (χ2v) is 4.68. The van der Waals surface area contributed by atoms with Crippen LogP contribution in [0.25, 0.3) is 0 Å². The number of ether oxygens (including phenoxy) is 1. The van der Waals surface area contributed by atoms with Crippen molar-refractivity contribution in [3.05, 3.63) is 44.7 Å². The first-order chi connectivity index (χ1) is 10.9. The summed E-state index contributed by atoms with van der Waals surface area (Å²) in [4.78, 5) is 14.3. The molecule has 8 heteroatoms. The Morgan fingerprint density at radius 2 is 2.17 bits per heavy atom. The lowest BCUT2D eigenvalue weighted by atomic mass is 10.1. The lowest BCUT2D eigenvalue weighted by Crippen LogP contribution is -1.94. The van der Waals surface area contributed by atoms with E-state index in [2.05, 4.69) is 4.99 Å². The van der Waals surface area contributed by atoms with Crippen LogP contribution in [0.3, 0.4) is 0 Å². The Hall–Kier alpha value is -3.34. The Balaban J connectivity index is 2.48. The van der Waals surface area contributed by atoms with Crippen molar-refractivity contribution in [2.75, 3.05) is 7.11 Å². The molecular weight excluding hydrogens is 302 g/mol. The molecule has 0 saturated carbocycles. The third-order valence-corrected chi connectivity index (χ3v) is 3.30. The molecule has 0 spiro atoms. The van der Waals surface area contributed by atoms with Gasteiger partial charge in [0.25, 0.3) is 0 Å². The largest absolute Gasteiger partial charge is 0.500 e. The van der Waals surface area contributed by atoms with Crippen molar-refractivity contribution in [2.24, 2.45) is 4.99 Å². The number of hydrogen-bond donors (Lipinski definition) is 1. The van der Waals surface area contributed by atoms with E-state index in [1.54, 1.807) is 13.8 Å². The van der Waals surface area contributed by atoms with Crippen LogP contribution in [0.1, 0.15) is 22.5 Å². The molecule has 0 atom stereocenters. The van der Waals surface area contributed by atoms with E-state index in [0.717, 1.165) is 6.07 Å². The molecule has 23 heavy (non-hydrogen) atoms. The molecule has 1 heterocycles. The predicted molar refractivity (Wildman–Crippen MR) is 81.5 cm³/mol. The van der Waals surface area contributed by atoms with E-state index in [1.165, 1.54) is 19.4 Å². The number of nitro benzene ring substituents is 1. The van der Waals surface area contributed by atoms with Gasteiger partial charge in [-0.3, -0.25) is 10.1 Å². The minimum atomic E-state index is -0.725. The molecule has 0 aliphatic rings. The fourth-order valence-electron chi connectivity index (χ4n) is 1.95. The average molecular weight is 315 g/mol. The molecule has 0 saturated heterocycles. The highest BCUT2D eigenvalue weighted by molar-refractivity contribution is 5.85. The van der Waals surface area contributed by atoms with Crippen molar-refractivity contribution in [3.8, 4) is 17.6 Å². The van der Waals surface area contributed by atoms with Gasteiger partial charge in [-0.05, 0) is 19.9 Å². The van der Waals surface area contributed by atoms with Crippen LogP contribution in [0.2, 0.25) is 0 Å². The van der Waals surface area contributed by atoms with Gasteiger partial charge in [-0.25, -0.2) is 4.99 Å². The highest BCUT2D eigenvalue weighted by Gasteiger charge is 2.19. The summed E-state index contributed by atoms with van der Waals surface area (Å²) in [5.41, 5.74) is 0.813. The number of phenolic OH excluding ortho intramolecular Hbond substituents is 1. The quantitative estimate of drug-likeness (QED) is 0.525. The number of rotatable bonds is 4. The summed E-state index contributed by atoms with van der Waals surface area (Å²) in [6.07, 6.45) is 1.30. The van der Waals surface area contributed by atoms with E-state index >= 15 is 0 Å². The van der Waals surface area contributed by atoms with E-state index in [0.29, 0.717) is 22.5 Å². The molecule has 2 rings (SSSR count). The first kappa shape index (κ1) is 16.0. The van der Waals surface area contributed by atoms with Crippen LogP contribution in [0.5, 0.6) is 11.5 Å². The van der Waals surface area contributed by atoms with Gasteiger partial charge in [-0.1, -0.05) is 0 Å². The third-order valence-electron chi connectivity index (χ3n) is 3.30. The van der Waals surface area contributed by atoms with Gasteiger partial charge >= 0.3 is 5.69 Å². The lowest BCUT2D eigenvalue weighted by Gasteiger charge is -2.04. The van der Waals surface area contributed by atoms with Crippen LogP contribution >= 0.6 is 0 Å². The second kappa shape index (κ2) is 6.19. The number of nitro groups is 1. The molecule has 2 aromatic rings. The van der Waals surface area contributed by atoms with Crippen molar-refractivity contribution in [1.29, 1.82) is 5.26 Å². The van der Waals surface area contributed by atoms with Crippen molar-refractivity contribution < 1.29 is 19.2 Å². The van der Waals surface area contributed by atoms with Crippen LogP contribution in [0.15, 0.2) is 21.5 Å². The third kappa shape index (κ3) is 2.98. The molecular formula is C15H13N3O5. The molecule has 0 amide bonds. The molecule has 1 aromatic heterocycles. The first-order valence-corrected chi connectivity index (χ1v) is 6.48. The molecule has 1 aromatic carbocycles. The van der Waals surface area contributed by atoms with E-state index in [1.807, 2.05) is 6.07 Å². The van der Waals surface area contributed by atoms with E-state index in [-0.39, 0.29) is 11.6 Å². The van der Waals surface area contributed by atoms with Gasteiger partial charge in [-0.15, -0.1) is 0 Å². The fraction of sp³-hybridized carbons (Fsp3) is 0.200. The number of nitrogens with zero attached hydrogens (tertiary/aromatic N) is 3. The molecule has 8 nitrogen and oxygen atoms in total. The molecule has 0 aliphatic carbocycles. The summed E-state index contributed by atoms with van der Waals surface area (Å²) in [5, 5.41) is 29.8. The SMILES string of the molecule is COc1cc(/C=N/c2oc(C)c(C)c2C#N)cc([N+](=O)[O-])c1O. The van der Waals surface area contributed by atoms with Gasteiger partial charge in [0.15, 0.2) is 5.75 Å². The predicted octanol–water partition coefficient (Wildman–Crippen LogP) is 3.14. The maximum atomic E-state index is 10.9. The van der Waals surface area contributed by atoms with Crippen LogP contribution in [-0.4, -0.2) is 23.4 Å². The Bertz CT molecular complexity index is 846. The van der Waals surface area contributed by atoms with Gasteiger partial charge in [0.1, 0.15) is 17.4 Å². The van der Waals surface area contributed by atoms with Crippen LogP contribution in [0.4, 0.5) is 11.6 Å². The molecule has 0 fully saturated rings. The Morgan fingerprint density at radius 1 is 1.48 bits per heavy atom. The monoisotopic (exact) mass is 315 g/mol. The van der Waals surface area contributed by atoms with Crippen molar-refractivity contribution in [3.63, 3.8) is 0 Å². The molecule has 0 bridgehead atoms. The summed E-state index contributed by atoms with van der Waals surface area (Å²) in [6.45, 7) is 3.45. The maximum Gasteiger partial charge on any atom is 0.315 e. The summed E-state index contributed by atoms with van der Waals surface area (Å²) in [7, 11) is 1.28. The number of aromatic hydroxyl groups is 1. The standard InChI is InChI=1S/C15H13N3O5/c1-8-9(2)23-15(11(8)6-16)17-7-10-4-12(18(20)21)14(19)13(5-10)22-3/h4-5,7,19H,1-3H3/b17-7+. The number of aryl methyl sites for hydroxylation is 1. The minimum Gasteiger partial charge on any atom is -0.500 e. The summed E-state index contributed by atoms with van der Waals surface area (Å²) < 4.78 is 10.3. The second-order valence-electron chi connectivity index (χ2n) is 4.68. The number of phenols is 1. The Kier molecular flexibility index (Phi) is 4.32. The van der Waals surface area contributed by atoms with Gasteiger partial charge in [0.05, 0.1) is 12.0 Å². The zero-order valence-corrected chi connectivity index (χ0v) is 12.7. The molecule has 0 radical (unpaired) electrons. The van der Waals surface area contributed by atoms with E-state index < -0.39 is 16.4 Å². The Labute approximate surface area is 131 Å². The van der Waals surface area contributed by atoms with E-state index in [4.69, 9.17) is 14.4 Å². The van der Waals surface area contributed by atoms with Crippen LogP contribution < -0.4 is 4.74 Å². The molecule has 0 aliphatic heterocycles. The Morgan fingerprint density at radius 3 is 2.74 bits per heavy atom. The van der Waals surface area contributed by atoms with Crippen molar-refractivity contribution >= 4 is 17.8 Å². The fourth-order valence-corrected chi connectivity index (χ4v) is 1.95. The smallest absolute Gasteiger partial charge is 0.315 e. The normalized spacial score (nSPS) is 10.7.